The van der Waals surface area contributed by atoms with Crippen molar-refractivity contribution in [2.75, 3.05) is 44.3 Å². The molecule has 8 nitrogen and oxygen atoms in total. The first-order valence-corrected chi connectivity index (χ1v) is 13.2. The second kappa shape index (κ2) is 8.87. The van der Waals surface area contributed by atoms with Gasteiger partial charge in [-0.25, -0.2) is 21.6 Å². The fourth-order valence-electron chi connectivity index (χ4n) is 3.91. The molecule has 2 aliphatic heterocycles. The van der Waals surface area contributed by atoms with Crippen LogP contribution in [0.3, 0.4) is 0 Å². The Bertz CT molecular complexity index is 1130. The summed E-state index contributed by atoms with van der Waals surface area (Å²) in [5.41, 5.74) is 1.82. The number of anilines is 1. The minimum atomic E-state index is -3.75. The van der Waals surface area contributed by atoms with Crippen molar-refractivity contribution in [3.8, 4) is 0 Å². The highest BCUT2D eigenvalue weighted by atomic mass is 32.2. The van der Waals surface area contributed by atoms with Crippen LogP contribution in [-0.4, -0.2) is 66.6 Å². The summed E-state index contributed by atoms with van der Waals surface area (Å²) in [6.07, 6.45) is 0.427. The number of sulfonamides is 2. The number of morpholine rings is 1. The second-order valence-electron chi connectivity index (χ2n) is 7.88. The molecule has 0 amide bonds. The van der Waals surface area contributed by atoms with Crippen LogP contribution in [0, 0.1) is 6.92 Å². The van der Waals surface area contributed by atoms with Crippen LogP contribution in [0.25, 0.3) is 0 Å². The van der Waals surface area contributed by atoms with E-state index >= 15 is 0 Å². The Morgan fingerprint density at radius 3 is 2.32 bits per heavy atom. The van der Waals surface area contributed by atoms with Gasteiger partial charge in [-0.2, -0.15) is 4.31 Å². The zero-order valence-electron chi connectivity index (χ0n) is 17.4. The monoisotopic (exact) mass is 465 g/mol. The van der Waals surface area contributed by atoms with Crippen molar-refractivity contribution in [3.05, 3.63) is 54.1 Å². The van der Waals surface area contributed by atoms with E-state index in [0.717, 1.165) is 24.3 Å². The van der Waals surface area contributed by atoms with Crippen LogP contribution in [-0.2, 0) is 24.8 Å². The molecule has 2 saturated heterocycles. The molecule has 1 atom stereocenters. The van der Waals surface area contributed by atoms with Crippen LogP contribution in [0.1, 0.15) is 12.0 Å². The number of aryl methyl sites for hydroxylation is 1. The maximum Gasteiger partial charge on any atom is 0.243 e. The summed E-state index contributed by atoms with van der Waals surface area (Å²) in [5, 5.41) is 0. The van der Waals surface area contributed by atoms with Gasteiger partial charge in [-0.3, -0.25) is 0 Å². The van der Waals surface area contributed by atoms with E-state index in [2.05, 4.69) is 9.62 Å². The average molecular weight is 466 g/mol. The summed E-state index contributed by atoms with van der Waals surface area (Å²) in [7, 11) is -7.40. The molecule has 0 radical (unpaired) electrons. The van der Waals surface area contributed by atoms with Crippen molar-refractivity contribution in [2.24, 2.45) is 0 Å². The van der Waals surface area contributed by atoms with Crippen LogP contribution in [0.2, 0.25) is 0 Å². The van der Waals surface area contributed by atoms with Gasteiger partial charge in [0.05, 0.1) is 23.0 Å². The molecule has 0 bridgehead atoms. The Kier molecular flexibility index (Phi) is 6.36. The van der Waals surface area contributed by atoms with Gasteiger partial charge in [-0.05, 0) is 55.3 Å². The van der Waals surface area contributed by atoms with E-state index in [1.807, 2.05) is 13.0 Å². The molecule has 0 saturated carbocycles. The Hall–Kier alpha value is -1.98. The molecule has 10 heteroatoms. The van der Waals surface area contributed by atoms with E-state index in [1.54, 1.807) is 42.5 Å². The van der Waals surface area contributed by atoms with Gasteiger partial charge in [-0.1, -0.05) is 12.1 Å². The average Bonchev–Trinajstić information content (AvgIpc) is 3.23. The summed E-state index contributed by atoms with van der Waals surface area (Å²) in [6, 6.07) is 13.0. The lowest BCUT2D eigenvalue weighted by molar-refractivity contribution is 0.122. The number of ether oxygens (including phenoxy) is 1. The summed E-state index contributed by atoms with van der Waals surface area (Å²) >= 11 is 0. The van der Waals surface area contributed by atoms with Crippen molar-refractivity contribution in [1.29, 1.82) is 0 Å². The lowest BCUT2D eigenvalue weighted by atomic mass is 10.2. The largest absolute Gasteiger partial charge is 0.378 e. The molecule has 2 fully saturated rings. The molecule has 0 spiro atoms. The van der Waals surface area contributed by atoms with Crippen molar-refractivity contribution < 1.29 is 21.6 Å². The Morgan fingerprint density at radius 2 is 1.65 bits per heavy atom. The molecule has 31 heavy (non-hydrogen) atoms. The van der Waals surface area contributed by atoms with E-state index in [4.69, 9.17) is 4.74 Å². The van der Waals surface area contributed by atoms with Gasteiger partial charge in [0.15, 0.2) is 0 Å². The van der Waals surface area contributed by atoms with E-state index in [9.17, 15) is 16.8 Å². The van der Waals surface area contributed by atoms with Crippen LogP contribution in [0.4, 0.5) is 5.69 Å². The van der Waals surface area contributed by atoms with Crippen LogP contribution < -0.4 is 9.62 Å². The van der Waals surface area contributed by atoms with E-state index in [1.165, 1.54) is 4.31 Å². The highest BCUT2D eigenvalue weighted by Gasteiger charge is 2.34. The smallest absolute Gasteiger partial charge is 0.243 e. The molecule has 4 rings (SSSR count). The van der Waals surface area contributed by atoms with E-state index in [0.29, 0.717) is 19.6 Å². The Labute approximate surface area is 183 Å². The summed E-state index contributed by atoms with van der Waals surface area (Å²) in [5.74, 6) is 0. The third-order valence-corrected chi connectivity index (χ3v) is 9.02. The molecule has 168 valence electrons. The lowest BCUT2D eigenvalue weighted by Crippen LogP contribution is -2.38. The number of hydrogen-bond donors (Lipinski definition) is 1. The van der Waals surface area contributed by atoms with Gasteiger partial charge in [0.1, 0.15) is 0 Å². The van der Waals surface area contributed by atoms with Crippen molar-refractivity contribution in [3.63, 3.8) is 0 Å². The summed E-state index contributed by atoms with van der Waals surface area (Å²) in [6.45, 7) is 5.09. The number of nitrogens with zero attached hydrogens (tertiary/aromatic N) is 2. The van der Waals surface area contributed by atoms with Gasteiger partial charge in [0.2, 0.25) is 20.0 Å². The fraction of sp³-hybridized carbons (Fsp3) is 0.429. The first-order chi connectivity index (χ1) is 14.8. The van der Waals surface area contributed by atoms with E-state index in [-0.39, 0.29) is 22.9 Å². The van der Waals surface area contributed by atoms with Gasteiger partial charge >= 0.3 is 0 Å². The maximum absolute atomic E-state index is 12.9. The minimum Gasteiger partial charge on any atom is -0.378 e. The van der Waals surface area contributed by atoms with Gasteiger partial charge in [-0.15, -0.1) is 0 Å². The van der Waals surface area contributed by atoms with Gasteiger partial charge in [0, 0.05) is 37.9 Å². The molecule has 0 aromatic heterocycles. The molecule has 0 aliphatic carbocycles. The molecular formula is C21H27N3O5S2. The molecule has 2 aromatic rings. The topological polar surface area (TPSA) is 96.0 Å². The number of hydrogen-bond acceptors (Lipinski definition) is 6. The molecule has 2 aromatic carbocycles. The number of nitrogens with one attached hydrogen (secondary N) is 1. The highest BCUT2D eigenvalue weighted by molar-refractivity contribution is 7.89. The maximum atomic E-state index is 12.9. The third-order valence-electron chi connectivity index (χ3n) is 5.62. The Balaban J connectivity index is 1.42. The molecular weight excluding hydrogens is 438 g/mol. The van der Waals surface area contributed by atoms with Crippen molar-refractivity contribution in [2.45, 2.75) is 29.2 Å². The van der Waals surface area contributed by atoms with Crippen LogP contribution in [0.15, 0.2) is 58.3 Å². The zero-order chi connectivity index (χ0) is 22.1. The molecule has 1 unspecified atom stereocenters. The first kappa shape index (κ1) is 22.2. The Morgan fingerprint density at radius 1 is 0.935 bits per heavy atom. The quantitative estimate of drug-likeness (QED) is 0.696. The number of rotatable bonds is 6. The first-order valence-electron chi connectivity index (χ1n) is 10.3. The van der Waals surface area contributed by atoms with Crippen molar-refractivity contribution in [1.82, 2.24) is 9.03 Å². The van der Waals surface area contributed by atoms with E-state index < -0.39 is 26.1 Å². The fourth-order valence-corrected chi connectivity index (χ4v) is 6.78. The normalized spacial score (nSPS) is 20.8. The number of benzene rings is 2. The van der Waals surface area contributed by atoms with Crippen LogP contribution in [0.5, 0.6) is 0 Å². The third kappa shape index (κ3) is 4.93. The molecule has 2 heterocycles. The standard InChI is InChI=1S/C21H27N3O5S2/c1-17-3-2-4-21(15-17)31(27,28)24-10-9-18(16-24)22-30(25,26)20-7-5-19(6-8-20)23-11-13-29-14-12-23/h2-8,15,18,22H,9-14,16H2,1H3. The predicted molar refractivity (Wildman–Crippen MR) is 118 cm³/mol. The zero-order valence-corrected chi connectivity index (χ0v) is 19.0. The minimum absolute atomic E-state index is 0.112. The molecule has 2 aliphatic rings. The second-order valence-corrected chi connectivity index (χ2v) is 11.5. The van der Waals surface area contributed by atoms with Crippen LogP contribution >= 0.6 is 0 Å². The van der Waals surface area contributed by atoms with Crippen molar-refractivity contribution >= 4 is 25.7 Å². The SMILES string of the molecule is Cc1cccc(S(=O)(=O)N2CCC(NS(=O)(=O)c3ccc(N4CCOCC4)cc3)C2)c1. The van der Waals surface area contributed by atoms with Gasteiger partial charge in [0.25, 0.3) is 0 Å². The summed E-state index contributed by atoms with van der Waals surface area (Å²) < 4.78 is 60.8. The highest BCUT2D eigenvalue weighted by Crippen LogP contribution is 2.24. The predicted octanol–water partition coefficient (Wildman–Crippen LogP) is 1.57. The summed E-state index contributed by atoms with van der Waals surface area (Å²) in [4.78, 5) is 2.55. The van der Waals surface area contributed by atoms with Gasteiger partial charge < -0.3 is 9.64 Å². The lowest BCUT2D eigenvalue weighted by Gasteiger charge is -2.28. The molecule has 1 N–H and O–H groups in total.